The van der Waals surface area contributed by atoms with Crippen LogP contribution in [0.1, 0.15) is 34.1 Å². The van der Waals surface area contributed by atoms with E-state index in [1.54, 1.807) is 13.8 Å². The minimum atomic E-state index is -0.672. The first-order valence-electron chi connectivity index (χ1n) is 5.20. The molecule has 0 aromatic carbocycles. The number of hydrogen-bond acceptors (Lipinski definition) is 3. The van der Waals surface area contributed by atoms with Crippen LogP contribution in [-0.4, -0.2) is 29.7 Å². The molecule has 0 spiro atoms. The molecule has 0 N–H and O–H groups in total. The van der Waals surface area contributed by atoms with E-state index in [1.807, 2.05) is 13.8 Å². The molecule has 6 nitrogen and oxygen atoms in total. The van der Waals surface area contributed by atoms with E-state index in [2.05, 4.69) is 10.0 Å². The average Bonchev–Trinajstić information content (AvgIpc) is 2.39. The smallest absolute Gasteiger partial charge is 0.252 e. The molecule has 0 aromatic heterocycles. The predicted octanol–water partition coefficient (Wildman–Crippen LogP) is 2.26. The molecule has 0 bridgehead atoms. The third-order valence-corrected chi connectivity index (χ3v) is 3.08. The normalized spacial score (nSPS) is 24.4. The van der Waals surface area contributed by atoms with Crippen LogP contribution < -0.4 is 0 Å². The van der Waals surface area contributed by atoms with Gasteiger partial charge in [-0.25, -0.2) is 5.06 Å². The minimum Gasteiger partial charge on any atom is -0.274 e. The van der Waals surface area contributed by atoms with E-state index < -0.39 is 11.0 Å². The zero-order valence-electron chi connectivity index (χ0n) is 10.4. The van der Waals surface area contributed by atoms with Crippen LogP contribution in [-0.2, 0) is 9.63 Å². The fourth-order valence-electron chi connectivity index (χ4n) is 2.02. The monoisotopic (exact) mass is 226 g/mol. The standard InChI is InChI=1S/C10H18N4O2/c1-9(2)6-7(10(3,4)12-13-11)14(16-5)8(9)15/h7H,6H2,1-5H3. The molecule has 1 saturated heterocycles. The summed E-state index contributed by atoms with van der Waals surface area (Å²) < 4.78 is 0. The van der Waals surface area contributed by atoms with Crippen LogP contribution in [0.3, 0.4) is 0 Å². The fourth-order valence-corrected chi connectivity index (χ4v) is 2.02. The second kappa shape index (κ2) is 3.96. The Morgan fingerprint density at radius 1 is 1.62 bits per heavy atom. The summed E-state index contributed by atoms with van der Waals surface area (Å²) in [7, 11) is 1.46. The second-order valence-electron chi connectivity index (χ2n) is 5.26. The fraction of sp³-hybridized carbons (Fsp3) is 0.900. The SMILES string of the molecule is CON1C(=O)C(C)(C)CC1C(C)(C)N=[N+]=[N-]. The van der Waals surface area contributed by atoms with Crippen molar-refractivity contribution in [1.82, 2.24) is 5.06 Å². The summed E-state index contributed by atoms with van der Waals surface area (Å²) in [6, 6.07) is -0.226. The van der Waals surface area contributed by atoms with Crippen molar-refractivity contribution in [3.63, 3.8) is 0 Å². The van der Waals surface area contributed by atoms with Crippen molar-refractivity contribution in [2.75, 3.05) is 7.11 Å². The molecule has 6 heteroatoms. The van der Waals surface area contributed by atoms with Crippen molar-refractivity contribution in [3.05, 3.63) is 10.4 Å². The third-order valence-electron chi connectivity index (χ3n) is 3.08. The molecule has 0 aliphatic carbocycles. The first-order chi connectivity index (χ1) is 7.26. The van der Waals surface area contributed by atoms with Gasteiger partial charge in [-0.3, -0.25) is 9.63 Å². The highest BCUT2D eigenvalue weighted by molar-refractivity contribution is 5.83. The molecule has 1 fully saturated rings. The molecular formula is C10H18N4O2. The minimum absolute atomic E-state index is 0.0683. The molecule has 0 aromatic rings. The van der Waals surface area contributed by atoms with E-state index >= 15 is 0 Å². The van der Waals surface area contributed by atoms with E-state index in [9.17, 15) is 4.79 Å². The van der Waals surface area contributed by atoms with E-state index in [0.717, 1.165) is 0 Å². The Labute approximate surface area is 95.1 Å². The lowest BCUT2D eigenvalue weighted by atomic mass is 9.84. The summed E-state index contributed by atoms with van der Waals surface area (Å²) in [4.78, 5) is 19.9. The quantitative estimate of drug-likeness (QED) is 0.420. The van der Waals surface area contributed by atoms with E-state index in [-0.39, 0.29) is 11.9 Å². The number of azide groups is 1. The largest absolute Gasteiger partial charge is 0.274 e. The number of nitrogens with zero attached hydrogens (tertiary/aromatic N) is 4. The molecular weight excluding hydrogens is 208 g/mol. The van der Waals surface area contributed by atoms with Crippen molar-refractivity contribution >= 4 is 5.91 Å². The van der Waals surface area contributed by atoms with Gasteiger partial charge in [-0.15, -0.1) is 0 Å². The number of hydroxylamine groups is 2. The molecule has 90 valence electrons. The molecule has 0 radical (unpaired) electrons. The van der Waals surface area contributed by atoms with Gasteiger partial charge in [-0.2, -0.15) is 0 Å². The van der Waals surface area contributed by atoms with Crippen LogP contribution >= 0.6 is 0 Å². The lowest BCUT2D eigenvalue weighted by Crippen LogP contribution is -2.45. The number of carbonyl (C=O) groups excluding carboxylic acids is 1. The van der Waals surface area contributed by atoms with Gasteiger partial charge >= 0.3 is 0 Å². The molecule has 1 rings (SSSR count). The van der Waals surface area contributed by atoms with Gasteiger partial charge in [-0.1, -0.05) is 32.8 Å². The maximum atomic E-state index is 12.0. The van der Waals surface area contributed by atoms with Gasteiger partial charge in [0.2, 0.25) is 0 Å². The van der Waals surface area contributed by atoms with Crippen LogP contribution in [0.2, 0.25) is 0 Å². The molecule has 0 saturated carbocycles. The molecule has 1 amide bonds. The van der Waals surface area contributed by atoms with Gasteiger partial charge in [0.25, 0.3) is 5.91 Å². The highest BCUT2D eigenvalue weighted by Gasteiger charge is 2.51. The van der Waals surface area contributed by atoms with Gasteiger partial charge < -0.3 is 0 Å². The van der Waals surface area contributed by atoms with Gasteiger partial charge in [0.15, 0.2) is 0 Å². The zero-order chi connectivity index (χ0) is 12.6. The van der Waals surface area contributed by atoms with Crippen LogP contribution in [0.5, 0.6) is 0 Å². The zero-order valence-corrected chi connectivity index (χ0v) is 10.4. The number of rotatable bonds is 3. The summed E-state index contributed by atoms with van der Waals surface area (Å²) in [6.07, 6.45) is 0.617. The van der Waals surface area contributed by atoms with Crippen LogP contribution in [0.25, 0.3) is 10.4 Å². The van der Waals surface area contributed by atoms with Gasteiger partial charge in [0, 0.05) is 10.3 Å². The van der Waals surface area contributed by atoms with Crippen LogP contribution in [0, 0.1) is 5.41 Å². The van der Waals surface area contributed by atoms with Crippen molar-refractivity contribution in [2.45, 2.75) is 45.7 Å². The van der Waals surface area contributed by atoms with Crippen molar-refractivity contribution in [2.24, 2.45) is 10.5 Å². The van der Waals surface area contributed by atoms with Crippen molar-refractivity contribution in [3.8, 4) is 0 Å². The van der Waals surface area contributed by atoms with Crippen molar-refractivity contribution < 1.29 is 9.63 Å². The Morgan fingerprint density at radius 3 is 2.62 bits per heavy atom. The summed E-state index contributed by atoms with van der Waals surface area (Å²) >= 11 is 0. The van der Waals surface area contributed by atoms with E-state index in [4.69, 9.17) is 10.4 Å². The highest BCUT2D eigenvalue weighted by atomic mass is 16.7. The first kappa shape index (κ1) is 12.8. The lowest BCUT2D eigenvalue weighted by Gasteiger charge is -2.32. The van der Waals surface area contributed by atoms with Crippen LogP contribution in [0.4, 0.5) is 0 Å². The molecule has 1 aliphatic rings. The number of carbonyl (C=O) groups is 1. The Bertz CT molecular complexity index is 345. The summed E-state index contributed by atoms with van der Waals surface area (Å²) in [5, 5.41) is 5.07. The Balaban J connectivity index is 3.07. The molecule has 1 atom stereocenters. The highest BCUT2D eigenvalue weighted by Crippen LogP contribution is 2.40. The number of hydrogen-bond donors (Lipinski definition) is 0. The van der Waals surface area contributed by atoms with E-state index in [0.29, 0.717) is 6.42 Å². The molecule has 1 unspecified atom stereocenters. The average molecular weight is 226 g/mol. The van der Waals surface area contributed by atoms with Gasteiger partial charge in [-0.05, 0) is 12.0 Å². The third kappa shape index (κ3) is 1.99. The predicted molar refractivity (Wildman–Crippen MR) is 59.3 cm³/mol. The molecule has 1 aliphatic heterocycles. The van der Waals surface area contributed by atoms with Crippen molar-refractivity contribution in [1.29, 1.82) is 0 Å². The lowest BCUT2D eigenvalue weighted by molar-refractivity contribution is -0.185. The Morgan fingerprint density at radius 2 is 2.19 bits per heavy atom. The summed E-state index contributed by atoms with van der Waals surface area (Å²) in [5.74, 6) is -0.0683. The number of amides is 1. The Hall–Kier alpha value is -1.26. The van der Waals surface area contributed by atoms with Crippen LogP contribution in [0.15, 0.2) is 5.11 Å². The summed E-state index contributed by atoms with van der Waals surface area (Å²) in [6.45, 7) is 7.34. The van der Waals surface area contributed by atoms with Gasteiger partial charge in [0.05, 0.1) is 18.7 Å². The topological polar surface area (TPSA) is 78.3 Å². The first-order valence-corrected chi connectivity index (χ1v) is 5.20. The van der Waals surface area contributed by atoms with Gasteiger partial charge in [0.1, 0.15) is 0 Å². The Kier molecular flexibility index (Phi) is 3.17. The molecule has 16 heavy (non-hydrogen) atoms. The summed E-state index contributed by atoms with van der Waals surface area (Å²) in [5.41, 5.74) is 7.39. The van der Waals surface area contributed by atoms with E-state index in [1.165, 1.54) is 12.2 Å². The maximum Gasteiger partial charge on any atom is 0.252 e. The maximum absolute atomic E-state index is 12.0. The molecule has 1 heterocycles. The second-order valence-corrected chi connectivity index (χ2v) is 5.26.